The van der Waals surface area contributed by atoms with Gasteiger partial charge in [-0.3, -0.25) is 4.79 Å². The molecule has 0 spiro atoms. The maximum atomic E-state index is 12.1. The lowest BCUT2D eigenvalue weighted by Gasteiger charge is -2.48. The molecule has 0 aromatic carbocycles. The molecule has 2 aliphatic heterocycles. The number of hydrogen-bond donors (Lipinski definition) is 0. The summed E-state index contributed by atoms with van der Waals surface area (Å²) >= 11 is 3.45. The summed E-state index contributed by atoms with van der Waals surface area (Å²) in [4.78, 5) is 11.9. The van der Waals surface area contributed by atoms with Gasteiger partial charge in [0.25, 0.3) is 15.9 Å². The fourth-order valence-corrected chi connectivity index (χ4v) is 4.73. The highest BCUT2D eigenvalue weighted by molar-refractivity contribution is 9.09. The van der Waals surface area contributed by atoms with Crippen molar-refractivity contribution in [3.05, 3.63) is 0 Å². The van der Waals surface area contributed by atoms with Crippen molar-refractivity contribution >= 4 is 31.9 Å². The van der Waals surface area contributed by atoms with Crippen LogP contribution in [0.4, 0.5) is 0 Å². The minimum absolute atomic E-state index is 0.183. The van der Waals surface area contributed by atoms with Gasteiger partial charge in [0, 0.05) is 30.5 Å². The predicted molar refractivity (Wildman–Crippen MR) is 71.0 cm³/mol. The molecular formula is C11H18BrNO4S. The molecule has 2 rings (SSSR count). The zero-order valence-electron chi connectivity index (χ0n) is 10.6. The second kappa shape index (κ2) is 4.45. The summed E-state index contributed by atoms with van der Waals surface area (Å²) in [6, 6.07) is 0. The highest BCUT2D eigenvalue weighted by Crippen LogP contribution is 2.41. The average Bonchev–Trinajstić information content (AvgIpc) is 2.36. The first kappa shape index (κ1) is 14.3. The highest BCUT2D eigenvalue weighted by atomic mass is 79.9. The zero-order chi connectivity index (χ0) is 13.6. The van der Waals surface area contributed by atoms with Crippen LogP contribution in [0.2, 0.25) is 0 Å². The van der Waals surface area contributed by atoms with Gasteiger partial charge in [-0.1, -0.05) is 15.9 Å². The predicted octanol–water partition coefficient (Wildman–Crippen LogP) is 1.13. The van der Waals surface area contributed by atoms with Gasteiger partial charge in [-0.2, -0.15) is 0 Å². The Bertz CT molecular complexity index is 454. The van der Waals surface area contributed by atoms with Crippen LogP contribution in [-0.4, -0.2) is 48.5 Å². The van der Waals surface area contributed by atoms with Gasteiger partial charge in [-0.25, -0.2) is 12.7 Å². The molecule has 2 fully saturated rings. The van der Waals surface area contributed by atoms with Gasteiger partial charge >= 0.3 is 0 Å². The maximum absolute atomic E-state index is 12.1. The van der Waals surface area contributed by atoms with Crippen molar-refractivity contribution in [2.75, 3.05) is 25.1 Å². The molecule has 1 amide bonds. The lowest BCUT2D eigenvalue weighted by Crippen LogP contribution is -2.69. The number of rotatable bonds is 3. The van der Waals surface area contributed by atoms with Crippen molar-refractivity contribution in [2.24, 2.45) is 5.41 Å². The second-order valence-corrected chi connectivity index (χ2v) is 8.55. The molecule has 0 bridgehead atoms. The maximum Gasteiger partial charge on any atom is 0.258 e. The summed E-state index contributed by atoms with van der Waals surface area (Å²) in [5.41, 5.74) is -0.183. The highest BCUT2D eigenvalue weighted by Gasteiger charge is 2.61. The van der Waals surface area contributed by atoms with Crippen LogP contribution >= 0.6 is 15.9 Å². The van der Waals surface area contributed by atoms with E-state index in [9.17, 15) is 13.2 Å². The van der Waals surface area contributed by atoms with E-state index in [1.807, 2.05) is 0 Å². The fraction of sp³-hybridized carbons (Fsp3) is 0.909. The molecule has 2 saturated heterocycles. The van der Waals surface area contributed by atoms with E-state index in [-0.39, 0.29) is 17.9 Å². The first-order valence-electron chi connectivity index (χ1n) is 5.97. The van der Waals surface area contributed by atoms with Crippen LogP contribution in [0.25, 0.3) is 0 Å². The van der Waals surface area contributed by atoms with Gasteiger partial charge in [0.2, 0.25) is 0 Å². The van der Waals surface area contributed by atoms with Crippen LogP contribution in [0, 0.1) is 5.41 Å². The Kier molecular flexibility index (Phi) is 3.53. The molecule has 0 radical (unpaired) electrons. The van der Waals surface area contributed by atoms with Crippen LogP contribution < -0.4 is 0 Å². The summed E-state index contributed by atoms with van der Waals surface area (Å²) in [5.74, 6) is -0.297. The monoisotopic (exact) mass is 339 g/mol. The van der Waals surface area contributed by atoms with Crippen molar-refractivity contribution in [3.8, 4) is 0 Å². The number of halogens is 1. The Morgan fingerprint density at radius 3 is 2.33 bits per heavy atom. The molecule has 0 N–H and O–H groups in total. The number of ether oxygens (including phenoxy) is 1. The van der Waals surface area contributed by atoms with Crippen molar-refractivity contribution in [1.82, 2.24) is 4.31 Å². The topological polar surface area (TPSA) is 63.7 Å². The van der Waals surface area contributed by atoms with Gasteiger partial charge in [0.1, 0.15) is 0 Å². The quantitative estimate of drug-likeness (QED) is 0.723. The molecule has 18 heavy (non-hydrogen) atoms. The number of alkyl halides is 1. The van der Waals surface area contributed by atoms with Crippen molar-refractivity contribution in [2.45, 2.75) is 31.4 Å². The number of hydrogen-bond acceptors (Lipinski definition) is 4. The molecule has 0 unspecified atom stereocenters. The SMILES string of the molecule is CC1(C)C(=O)N(CC2(CBr)CCOCC2)S1(=O)=O. The van der Waals surface area contributed by atoms with Crippen molar-refractivity contribution in [3.63, 3.8) is 0 Å². The first-order chi connectivity index (χ1) is 8.27. The third-order valence-electron chi connectivity index (χ3n) is 3.99. The number of amides is 1. The minimum atomic E-state index is -3.48. The molecule has 0 aromatic rings. The largest absolute Gasteiger partial charge is 0.381 e. The van der Waals surface area contributed by atoms with Gasteiger partial charge < -0.3 is 4.74 Å². The Labute approximate surface area is 116 Å². The lowest BCUT2D eigenvalue weighted by molar-refractivity contribution is -0.134. The molecule has 104 valence electrons. The third-order valence-corrected chi connectivity index (χ3v) is 7.52. The van der Waals surface area contributed by atoms with Crippen LogP contribution in [0.15, 0.2) is 0 Å². The van der Waals surface area contributed by atoms with E-state index >= 15 is 0 Å². The van der Waals surface area contributed by atoms with Crippen LogP contribution in [0.5, 0.6) is 0 Å². The van der Waals surface area contributed by atoms with Crippen LogP contribution in [-0.2, 0) is 19.6 Å². The normalized spacial score (nSPS) is 28.8. The summed E-state index contributed by atoms with van der Waals surface area (Å²) in [6.07, 6.45) is 1.55. The molecule has 0 saturated carbocycles. The summed E-state index contributed by atoms with van der Waals surface area (Å²) in [5, 5.41) is 0.684. The average molecular weight is 340 g/mol. The Balaban J connectivity index is 2.17. The number of carbonyl (C=O) groups excluding carboxylic acids is 1. The summed E-state index contributed by atoms with van der Waals surface area (Å²) < 4.78 is 29.2. The van der Waals surface area contributed by atoms with E-state index in [1.165, 1.54) is 13.8 Å². The smallest absolute Gasteiger partial charge is 0.258 e. The lowest BCUT2D eigenvalue weighted by atomic mass is 9.82. The molecule has 7 heteroatoms. The molecule has 5 nitrogen and oxygen atoms in total. The van der Waals surface area contributed by atoms with Gasteiger partial charge in [-0.15, -0.1) is 0 Å². The number of nitrogens with zero attached hydrogens (tertiary/aromatic N) is 1. The summed E-state index contributed by atoms with van der Waals surface area (Å²) in [6.45, 7) is 4.44. The van der Waals surface area contributed by atoms with E-state index in [0.717, 1.165) is 17.1 Å². The van der Waals surface area contributed by atoms with Gasteiger partial charge in [0.05, 0.1) is 0 Å². The molecule has 0 aromatic heterocycles. The molecular weight excluding hydrogens is 322 g/mol. The fourth-order valence-electron chi connectivity index (χ4n) is 2.36. The Hall–Kier alpha value is -0.140. The van der Waals surface area contributed by atoms with E-state index < -0.39 is 14.8 Å². The van der Waals surface area contributed by atoms with Crippen LogP contribution in [0.3, 0.4) is 0 Å². The first-order valence-corrected chi connectivity index (χ1v) is 8.53. The summed E-state index contributed by atoms with van der Waals surface area (Å²) in [7, 11) is -3.48. The number of sulfonamides is 1. The molecule has 0 aliphatic carbocycles. The van der Waals surface area contributed by atoms with Gasteiger partial charge in [-0.05, 0) is 26.7 Å². The van der Waals surface area contributed by atoms with Gasteiger partial charge in [0.15, 0.2) is 4.75 Å². The van der Waals surface area contributed by atoms with E-state index in [0.29, 0.717) is 18.5 Å². The minimum Gasteiger partial charge on any atom is -0.381 e. The molecule has 2 heterocycles. The Morgan fingerprint density at radius 1 is 1.33 bits per heavy atom. The second-order valence-electron chi connectivity index (χ2n) is 5.57. The standard InChI is InChI=1S/C11H18BrNO4S/c1-10(2)9(14)13(18(10,15)16)8-11(7-12)3-5-17-6-4-11/h3-8H2,1-2H3. The van der Waals surface area contributed by atoms with E-state index in [4.69, 9.17) is 4.74 Å². The van der Waals surface area contributed by atoms with Crippen molar-refractivity contribution in [1.29, 1.82) is 0 Å². The van der Waals surface area contributed by atoms with E-state index in [2.05, 4.69) is 15.9 Å². The molecule has 0 atom stereocenters. The number of carbonyl (C=O) groups is 1. The third kappa shape index (κ3) is 1.91. The van der Waals surface area contributed by atoms with E-state index in [1.54, 1.807) is 0 Å². The zero-order valence-corrected chi connectivity index (χ0v) is 13.0. The van der Waals surface area contributed by atoms with Crippen LogP contribution in [0.1, 0.15) is 26.7 Å². The van der Waals surface area contributed by atoms with Crippen molar-refractivity contribution < 1.29 is 17.9 Å². The Morgan fingerprint density at radius 2 is 1.89 bits per heavy atom. The molecule has 2 aliphatic rings.